The standard InChI is InChI=1S/C7H17NO3S/c1-7(2,3)11-8-5-6-12(4,9)10/h8H,5-6H2,1-4H3. The molecular weight excluding hydrogens is 178 g/mol. The Balaban J connectivity index is 3.48. The Morgan fingerprint density at radius 2 is 1.83 bits per heavy atom. The molecule has 0 saturated heterocycles. The molecule has 1 N–H and O–H groups in total. The van der Waals surface area contributed by atoms with Gasteiger partial charge in [-0.1, -0.05) is 0 Å². The van der Waals surface area contributed by atoms with E-state index in [9.17, 15) is 8.42 Å². The third kappa shape index (κ3) is 9.87. The maximum Gasteiger partial charge on any atom is 0.148 e. The molecule has 0 rings (SSSR count). The van der Waals surface area contributed by atoms with Gasteiger partial charge >= 0.3 is 0 Å². The van der Waals surface area contributed by atoms with Crippen LogP contribution in [0.3, 0.4) is 0 Å². The van der Waals surface area contributed by atoms with Crippen LogP contribution in [0.5, 0.6) is 0 Å². The highest BCUT2D eigenvalue weighted by Gasteiger charge is 2.10. The lowest BCUT2D eigenvalue weighted by molar-refractivity contribution is -0.0699. The molecule has 4 nitrogen and oxygen atoms in total. The molecule has 0 unspecified atom stereocenters. The van der Waals surface area contributed by atoms with Crippen molar-refractivity contribution in [2.75, 3.05) is 18.6 Å². The summed E-state index contributed by atoms with van der Waals surface area (Å²) < 4.78 is 21.3. The zero-order valence-corrected chi connectivity index (χ0v) is 8.86. The smallest absolute Gasteiger partial charge is 0.148 e. The molecule has 0 aromatic rings. The second-order valence-corrected chi connectivity index (χ2v) is 6.00. The predicted octanol–water partition coefficient (Wildman–Crippen LogP) is 0.351. The van der Waals surface area contributed by atoms with Gasteiger partial charge in [-0.15, -0.1) is 0 Å². The van der Waals surface area contributed by atoms with E-state index in [4.69, 9.17) is 4.84 Å². The van der Waals surface area contributed by atoms with Crippen LogP contribution < -0.4 is 5.48 Å². The summed E-state index contributed by atoms with van der Waals surface area (Å²) in [5.41, 5.74) is 2.32. The molecule has 0 fully saturated rings. The predicted molar refractivity (Wildman–Crippen MR) is 48.6 cm³/mol. The lowest BCUT2D eigenvalue weighted by Crippen LogP contribution is -2.32. The average molecular weight is 195 g/mol. The number of hydroxylamine groups is 1. The largest absolute Gasteiger partial charge is 0.296 e. The zero-order chi connectivity index (χ0) is 9.83. The van der Waals surface area contributed by atoms with Crippen LogP contribution in [0.4, 0.5) is 0 Å². The van der Waals surface area contributed by atoms with Crippen LogP contribution in [0, 0.1) is 0 Å². The Kier molecular flexibility index (Phi) is 4.16. The van der Waals surface area contributed by atoms with Crippen LogP contribution in [0.1, 0.15) is 20.8 Å². The first-order valence-electron chi connectivity index (χ1n) is 3.79. The van der Waals surface area contributed by atoms with Gasteiger partial charge in [0.1, 0.15) is 9.84 Å². The fourth-order valence-electron chi connectivity index (χ4n) is 0.495. The van der Waals surface area contributed by atoms with E-state index >= 15 is 0 Å². The van der Waals surface area contributed by atoms with Crippen LogP contribution in [-0.4, -0.2) is 32.6 Å². The van der Waals surface area contributed by atoms with Crippen LogP contribution in [0.25, 0.3) is 0 Å². The quantitative estimate of drug-likeness (QED) is 0.519. The molecule has 0 radical (unpaired) electrons. The fraction of sp³-hybridized carbons (Fsp3) is 1.00. The minimum atomic E-state index is -2.88. The van der Waals surface area contributed by atoms with Gasteiger partial charge in [-0.2, -0.15) is 0 Å². The topological polar surface area (TPSA) is 55.4 Å². The summed E-state index contributed by atoms with van der Waals surface area (Å²) in [6.07, 6.45) is 1.20. The first-order valence-corrected chi connectivity index (χ1v) is 5.85. The van der Waals surface area contributed by atoms with Crippen LogP contribution in [0.15, 0.2) is 0 Å². The number of sulfone groups is 1. The number of rotatable bonds is 4. The highest BCUT2D eigenvalue weighted by atomic mass is 32.2. The third-order valence-electron chi connectivity index (χ3n) is 0.953. The van der Waals surface area contributed by atoms with Gasteiger partial charge < -0.3 is 0 Å². The van der Waals surface area contributed by atoms with E-state index in [0.29, 0.717) is 6.54 Å². The number of hydrogen-bond donors (Lipinski definition) is 1. The van der Waals surface area contributed by atoms with Crippen molar-refractivity contribution in [3.8, 4) is 0 Å². The number of nitrogens with one attached hydrogen (secondary N) is 1. The van der Waals surface area contributed by atoms with Crippen molar-refractivity contribution in [1.29, 1.82) is 0 Å². The molecule has 0 spiro atoms. The highest BCUT2D eigenvalue weighted by molar-refractivity contribution is 7.90. The Bertz CT molecular complexity index is 215. The summed E-state index contributed by atoms with van der Waals surface area (Å²) in [5.74, 6) is 0.100. The summed E-state index contributed by atoms with van der Waals surface area (Å²) in [7, 11) is -2.88. The number of hydrogen-bond acceptors (Lipinski definition) is 4. The van der Waals surface area contributed by atoms with Gasteiger partial charge in [0.05, 0.1) is 11.4 Å². The van der Waals surface area contributed by atoms with Crippen molar-refractivity contribution in [1.82, 2.24) is 5.48 Å². The van der Waals surface area contributed by atoms with Crippen molar-refractivity contribution in [2.24, 2.45) is 0 Å². The maximum absolute atomic E-state index is 10.7. The summed E-state index contributed by atoms with van der Waals surface area (Å²) >= 11 is 0. The molecule has 0 aliphatic rings. The molecule has 0 aliphatic heterocycles. The van der Waals surface area contributed by atoms with Crippen molar-refractivity contribution < 1.29 is 13.3 Å². The van der Waals surface area contributed by atoms with Crippen LogP contribution in [-0.2, 0) is 14.7 Å². The van der Waals surface area contributed by atoms with Crippen LogP contribution in [0.2, 0.25) is 0 Å². The third-order valence-corrected chi connectivity index (χ3v) is 1.90. The molecule has 74 valence electrons. The molecule has 0 heterocycles. The normalized spacial score (nSPS) is 13.3. The zero-order valence-electron chi connectivity index (χ0n) is 8.05. The van der Waals surface area contributed by atoms with E-state index in [-0.39, 0.29) is 11.4 Å². The van der Waals surface area contributed by atoms with Gasteiger partial charge in [-0.05, 0) is 20.8 Å². The summed E-state index contributed by atoms with van der Waals surface area (Å²) in [6.45, 7) is 6.00. The van der Waals surface area contributed by atoms with Crippen LogP contribution >= 0.6 is 0 Å². The molecule has 12 heavy (non-hydrogen) atoms. The van der Waals surface area contributed by atoms with Gasteiger partial charge in [-0.25, -0.2) is 13.9 Å². The molecular formula is C7H17NO3S. The highest BCUT2D eigenvalue weighted by Crippen LogP contribution is 2.02. The minimum absolute atomic E-state index is 0.100. The summed E-state index contributed by atoms with van der Waals surface area (Å²) in [6, 6.07) is 0. The molecule has 0 aliphatic carbocycles. The van der Waals surface area contributed by atoms with Gasteiger partial charge in [0.15, 0.2) is 0 Å². The van der Waals surface area contributed by atoms with Gasteiger partial charge in [0, 0.05) is 12.8 Å². The molecule has 0 saturated carbocycles. The van der Waals surface area contributed by atoms with Crippen molar-refractivity contribution in [3.05, 3.63) is 0 Å². The Morgan fingerprint density at radius 1 is 1.33 bits per heavy atom. The molecule has 0 amide bonds. The second kappa shape index (κ2) is 4.20. The van der Waals surface area contributed by atoms with E-state index < -0.39 is 9.84 Å². The molecule has 5 heteroatoms. The Labute approximate surface area is 74.2 Å². The first-order chi connectivity index (χ1) is 5.21. The maximum atomic E-state index is 10.7. The Hall–Kier alpha value is -0.130. The van der Waals surface area contributed by atoms with Gasteiger partial charge in [0.2, 0.25) is 0 Å². The summed E-state index contributed by atoms with van der Waals surface area (Å²) in [4.78, 5) is 5.11. The fourth-order valence-corrected chi connectivity index (χ4v) is 0.949. The van der Waals surface area contributed by atoms with E-state index in [1.165, 1.54) is 6.26 Å². The van der Waals surface area contributed by atoms with E-state index in [1.807, 2.05) is 20.8 Å². The van der Waals surface area contributed by atoms with Crippen molar-refractivity contribution in [3.63, 3.8) is 0 Å². The lowest BCUT2D eigenvalue weighted by atomic mass is 10.2. The minimum Gasteiger partial charge on any atom is -0.296 e. The first kappa shape index (κ1) is 11.9. The average Bonchev–Trinajstić information content (AvgIpc) is 1.76. The van der Waals surface area contributed by atoms with Crippen molar-refractivity contribution >= 4 is 9.84 Å². The molecule has 0 aromatic heterocycles. The molecule has 0 atom stereocenters. The monoisotopic (exact) mass is 195 g/mol. The SMILES string of the molecule is CC(C)(C)ONCCS(C)(=O)=O. The Morgan fingerprint density at radius 3 is 2.17 bits per heavy atom. The summed E-state index contributed by atoms with van der Waals surface area (Å²) in [5, 5.41) is 0. The van der Waals surface area contributed by atoms with E-state index in [2.05, 4.69) is 5.48 Å². The molecule has 0 aromatic carbocycles. The van der Waals surface area contributed by atoms with Gasteiger partial charge in [-0.3, -0.25) is 4.84 Å². The van der Waals surface area contributed by atoms with E-state index in [0.717, 1.165) is 0 Å². The van der Waals surface area contributed by atoms with Gasteiger partial charge in [0.25, 0.3) is 0 Å². The van der Waals surface area contributed by atoms with Crippen molar-refractivity contribution in [2.45, 2.75) is 26.4 Å². The van der Waals surface area contributed by atoms with E-state index in [1.54, 1.807) is 0 Å². The lowest BCUT2D eigenvalue weighted by Gasteiger charge is -2.18. The second-order valence-electron chi connectivity index (χ2n) is 3.74. The molecule has 0 bridgehead atoms.